The van der Waals surface area contributed by atoms with Crippen LogP contribution in [0, 0.1) is 0 Å². The Morgan fingerprint density at radius 2 is 1.24 bits per heavy atom. The van der Waals surface area contributed by atoms with Gasteiger partial charge in [-0.2, -0.15) is 0 Å². The Hall–Kier alpha value is 1.34. The first-order valence-corrected chi connectivity index (χ1v) is 7.87. The number of hydrogen-bond donors (Lipinski definition) is 0. The van der Waals surface area contributed by atoms with E-state index in [4.69, 9.17) is 46.9 Å². The van der Waals surface area contributed by atoms with Crippen molar-refractivity contribution in [2.24, 2.45) is 0 Å². The first kappa shape index (κ1) is 18.3. The summed E-state index contributed by atoms with van der Waals surface area (Å²) in [5, 5.41) is 0. The van der Waals surface area contributed by atoms with Gasteiger partial charge in [0, 0.05) is 0 Å². The van der Waals surface area contributed by atoms with Gasteiger partial charge in [-0.05, 0) is 0 Å². The monoisotopic (exact) mass is 418 g/mol. The third-order valence-electron chi connectivity index (χ3n) is 1.46. The van der Waals surface area contributed by atoms with Crippen LogP contribution in [-0.2, 0) is 23.7 Å². The topological polar surface area (TPSA) is 46.2 Å². The molecule has 0 aromatic heterocycles. The molecule has 0 saturated heterocycles. The largest absolute Gasteiger partial charge is 0.365 e. The molecular weight excluding hydrogens is 407 g/mol. The summed E-state index contributed by atoms with van der Waals surface area (Å²) in [5.41, 5.74) is 0.745. The van der Waals surface area contributed by atoms with Gasteiger partial charge in [0.15, 0.2) is 12.6 Å². The normalized spacial score (nSPS) is 14.8. The lowest BCUT2D eigenvalue weighted by Gasteiger charge is -2.23. The maximum atomic E-state index is 5.46. The van der Waals surface area contributed by atoms with Crippen LogP contribution >= 0.6 is 55.1 Å². The van der Waals surface area contributed by atoms with Gasteiger partial charge in [0.1, 0.15) is 23.2 Å². The number of alkyl halides is 4. The number of rotatable bonds is 12. The molecule has 0 bridgehead atoms. The SMILES string of the molecule is ClCOC(COCBr)OC(COCBr)OCCl. The van der Waals surface area contributed by atoms with Gasteiger partial charge in [0.05, 0.1) is 13.2 Å². The van der Waals surface area contributed by atoms with E-state index in [2.05, 4.69) is 31.9 Å². The predicted molar refractivity (Wildman–Crippen MR) is 71.8 cm³/mol. The summed E-state index contributed by atoms with van der Waals surface area (Å²) in [6.45, 7) is 0.433. The molecule has 104 valence electrons. The predicted octanol–water partition coefficient (Wildman–Crippen LogP) is 2.82. The highest BCUT2D eigenvalue weighted by molar-refractivity contribution is 9.09. The molecule has 9 heteroatoms. The van der Waals surface area contributed by atoms with Crippen LogP contribution in [0.25, 0.3) is 0 Å². The number of ether oxygens (including phenoxy) is 5. The van der Waals surface area contributed by atoms with E-state index in [9.17, 15) is 0 Å². The van der Waals surface area contributed by atoms with E-state index in [0.717, 1.165) is 0 Å². The van der Waals surface area contributed by atoms with Gasteiger partial charge in [-0.15, -0.1) is 0 Å². The van der Waals surface area contributed by atoms with Crippen LogP contribution in [0.2, 0.25) is 0 Å². The third kappa shape index (κ3) is 10.9. The van der Waals surface area contributed by atoms with E-state index in [0.29, 0.717) is 11.0 Å². The van der Waals surface area contributed by atoms with Gasteiger partial charge in [0.2, 0.25) is 0 Å². The maximum Gasteiger partial charge on any atom is 0.185 e. The average Bonchev–Trinajstić information content (AvgIpc) is 2.33. The van der Waals surface area contributed by atoms with Gasteiger partial charge in [-0.1, -0.05) is 55.1 Å². The highest BCUT2D eigenvalue weighted by atomic mass is 79.9. The van der Waals surface area contributed by atoms with E-state index in [1.165, 1.54) is 0 Å². The molecule has 0 aliphatic heterocycles. The van der Waals surface area contributed by atoms with Crippen LogP contribution in [0.15, 0.2) is 0 Å². The summed E-state index contributed by atoms with van der Waals surface area (Å²) in [7, 11) is 0. The summed E-state index contributed by atoms with van der Waals surface area (Å²) >= 11 is 17.2. The Balaban J connectivity index is 4.02. The Kier molecular flexibility index (Phi) is 14.8. The molecule has 0 heterocycles. The fourth-order valence-electron chi connectivity index (χ4n) is 0.845. The Morgan fingerprint density at radius 3 is 1.53 bits per heavy atom. The van der Waals surface area contributed by atoms with Crippen molar-refractivity contribution in [2.75, 3.05) is 36.4 Å². The fraction of sp³-hybridized carbons (Fsp3) is 1.00. The Bertz CT molecular complexity index is 153. The van der Waals surface area contributed by atoms with Crippen molar-refractivity contribution in [3.8, 4) is 0 Å². The molecule has 0 aromatic carbocycles. The average molecular weight is 421 g/mol. The van der Waals surface area contributed by atoms with Crippen molar-refractivity contribution in [3.63, 3.8) is 0 Å². The van der Waals surface area contributed by atoms with E-state index >= 15 is 0 Å². The molecular formula is C8H14Br2Cl2O5. The zero-order chi connectivity index (χ0) is 12.9. The van der Waals surface area contributed by atoms with Crippen molar-refractivity contribution < 1.29 is 23.7 Å². The van der Waals surface area contributed by atoms with Crippen molar-refractivity contribution >= 4 is 55.1 Å². The number of halogens is 4. The summed E-state index contributed by atoms with van der Waals surface area (Å²) in [4.78, 5) is 0. The zero-order valence-corrected chi connectivity index (χ0v) is 13.6. The minimum Gasteiger partial charge on any atom is -0.365 e. The van der Waals surface area contributed by atoms with Gasteiger partial charge >= 0.3 is 0 Å². The molecule has 0 amide bonds. The van der Waals surface area contributed by atoms with Crippen molar-refractivity contribution in [3.05, 3.63) is 0 Å². The van der Waals surface area contributed by atoms with Gasteiger partial charge in [-0.3, -0.25) is 0 Å². The summed E-state index contributed by atoms with van der Waals surface area (Å²) in [6.07, 6.45) is -1.28. The van der Waals surface area contributed by atoms with Crippen LogP contribution in [0.4, 0.5) is 0 Å². The van der Waals surface area contributed by atoms with Gasteiger partial charge in [-0.25, -0.2) is 0 Å². The lowest BCUT2D eigenvalue weighted by molar-refractivity contribution is -0.258. The van der Waals surface area contributed by atoms with E-state index in [-0.39, 0.29) is 25.3 Å². The smallest absolute Gasteiger partial charge is 0.185 e. The van der Waals surface area contributed by atoms with Crippen LogP contribution in [-0.4, -0.2) is 49.0 Å². The zero-order valence-electron chi connectivity index (χ0n) is 8.95. The molecule has 2 atom stereocenters. The Labute approximate surface area is 127 Å². The van der Waals surface area contributed by atoms with Crippen LogP contribution in [0.3, 0.4) is 0 Å². The van der Waals surface area contributed by atoms with Gasteiger partial charge < -0.3 is 23.7 Å². The fourth-order valence-corrected chi connectivity index (χ4v) is 1.50. The Morgan fingerprint density at radius 1 is 0.824 bits per heavy atom. The van der Waals surface area contributed by atoms with Gasteiger partial charge in [0.25, 0.3) is 0 Å². The highest BCUT2D eigenvalue weighted by Crippen LogP contribution is 2.07. The standard InChI is InChI=1S/C8H14Br2Cl2O5/c9-3-13-1-7(15-5-11)17-8(16-6-12)2-14-4-10/h7-8H,1-6H2. The molecule has 0 radical (unpaired) electrons. The molecule has 2 unspecified atom stereocenters. The first-order chi connectivity index (χ1) is 8.28. The lowest BCUT2D eigenvalue weighted by atomic mass is 10.6. The molecule has 0 aliphatic carbocycles. The second-order valence-corrected chi connectivity index (χ2v) is 3.86. The van der Waals surface area contributed by atoms with Crippen LogP contribution < -0.4 is 0 Å². The number of hydrogen-bond acceptors (Lipinski definition) is 5. The molecule has 0 aliphatic rings. The molecule has 5 nitrogen and oxygen atoms in total. The van der Waals surface area contributed by atoms with E-state index in [1.807, 2.05) is 0 Å². The summed E-state index contributed by atoms with van der Waals surface area (Å²) < 4.78 is 25.8. The van der Waals surface area contributed by atoms with E-state index < -0.39 is 12.6 Å². The minimum atomic E-state index is -0.641. The maximum absolute atomic E-state index is 5.46. The third-order valence-corrected chi connectivity index (χ3v) is 2.36. The second kappa shape index (κ2) is 13.8. The van der Waals surface area contributed by atoms with Crippen molar-refractivity contribution in [2.45, 2.75) is 12.6 Å². The van der Waals surface area contributed by atoms with Crippen molar-refractivity contribution in [1.29, 1.82) is 0 Å². The molecule has 0 spiro atoms. The van der Waals surface area contributed by atoms with Crippen molar-refractivity contribution in [1.82, 2.24) is 0 Å². The first-order valence-electron chi connectivity index (χ1n) is 4.56. The molecule has 0 saturated carbocycles. The van der Waals surface area contributed by atoms with Crippen LogP contribution in [0.5, 0.6) is 0 Å². The van der Waals surface area contributed by atoms with E-state index in [1.54, 1.807) is 0 Å². The second-order valence-electron chi connectivity index (χ2n) is 2.51. The van der Waals surface area contributed by atoms with Crippen LogP contribution in [0.1, 0.15) is 0 Å². The summed E-state index contributed by atoms with van der Waals surface area (Å²) in [6, 6.07) is -0.0214. The summed E-state index contributed by atoms with van der Waals surface area (Å²) in [5.74, 6) is 0. The lowest BCUT2D eigenvalue weighted by Crippen LogP contribution is -2.33. The highest BCUT2D eigenvalue weighted by Gasteiger charge is 2.18. The molecule has 0 fully saturated rings. The molecule has 17 heavy (non-hydrogen) atoms. The molecule has 0 aromatic rings. The molecule has 0 rings (SSSR count). The quantitative estimate of drug-likeness (QED) is 0.359. The minimum absolute atomic E-state index is 0.0107. The molecule has 0 N–H and O–H groups in total.